The van der Waals surface area contributed by atoms with E-state index in [1.165, 1.54) is 10.4 Å². The first-order chi connectivity index (χ1) is 13.3. The Balaban J connectivity index is 1.90. The Hall–Kier alpha value is -2.29. The van der Waals surface area contributed by atoms with Gasteiger partial charge in [0.2, 0.25) is 10.0 Å². The smallest absolute Gasteiger partial charge is 0.255 e. The second kappa shape index (κ2) is 8.38. The molecule has 1 amide bonds. The summed E-state index contributed by atoms with van der Waals surface area (Å²) in [4.78, 5) is 12.2. The number of amides is 1. The number of benzene rings is 2. The number of morpholine rings is 1. The Morgan fingerprint density at radius 1 is 1.14 bits per heavy atom. The van der Waals surface area contributed by atoms with Crippen molar-refractivity contribution in [1.82, 2.24) is 4.31 Å². The highest BCUT2D eigenvalue weighted by Gasteiger charge is 2.29. The minimum atomic E-state index is -4.04. The van der Waals surface area contributed by atoms with Crippen LogP contribution < -0.4 is 5.32 Å². The first kappa shape index (κ1) is 20.4. The Morgan fingerprint density at radius 3 is 2.50 bits per heavy atom. The summed E-state index contributed by atoms with van der Waals surface area (Å²) >= 11 is 0. The number of hydrogen-bond acceptors (Lipinski definition) is 4. The Labute approximate surface area is 164 Å². The molecule has 1 heterocycles. The quantitative estimate of drug-likeness (QED) is 0.827. The molecule has 0 spiro atoms. The van der Waals surface area contributed by atoms with Gasteiger partial charge in [0.25, 0.3) is 5.91 Å². The molecule has 3 rings (SSSR count). The summed E-state index contributed by atoms with van der Waals surface area (Å²) in [6, 6.07) is 10.8. The molecule has 1 saturated heterocycles. The van der Waals surface area contributed by atoms with Gasteiger partial charge in [-0.3, -0.25) is 4.79 Å². The molecular formula is C20H23FN2O4S. The number of nitrogens with one attached hydrogen (secondary N) is 1. The minimum absolute atomic E-state index is 0.0757. The predicted molar refractivity (Wildman–Crippen MR) is 104 cm³/mol. The maximum absolute atomic E-state index is 14.3. The first-order valence-corrected chi connectivity index (χ1v) is 10.5. The van der Waals surface area contributed by atoms with Crippen molar-refractivity contribution < 1.29 is 22.3 Å². The molecule has 1 N–H and O–H groups in total. The average molecular weight is 406 g/mol. The lowest BCUT2D eigenvalue weighted by molar-refractivity contribution is 0.0729. The van der Waals surface area contributed by atoms with E-state index in [1.807, 2.05) is 26.0 Å². The van der Waals surface area contributed by atoms with Crippen LogP contribution in [0.4, 0.5) is 10.1 Å². The van der Waals surface area contributed by atoms with E-state index in [4.69, 9.17) is 4.74 Å². The lowest BCUT2D eigenvalue weighted by Crippen LogP contribution is -2.41. The van der Waals surface area contributed by atoms with Crippen molar-refractivity contribution in [2.24, 2.45) is 0 Å². The zero-order chi connectivity index (χ0) is 20.3. The zero-order valence-corrected chi connectivity index (χ0v) is 16.6. The van der Waals surface area contributed by atoms with Crippen LogP contribution in [-0.4, -0.2) is 44.9 Å². The molecule has 150 valence electrons. The fraction of sp³-hybridized carbons (Fsp3) is 0.350. The molecule has 0 radical (unpaired) electrons. The van der Waals surface area contributed by atoms with Crippen LogP contribution in [0.2, 0.25) is 0 Å². The molecule has 28 heavy (non-hydrogen) atoms. The van der Waals surface area contributed by atoms with Gasteiger partial charge < -0.3 is 10.1 Å². The van der Waals surface area contributed by atoms with Crippen molar-refractivity contribution >= 4 is 21.6 Å². The molecule has 2 aromatic carbocycles. The van der Waals surface area contributed by atoms with E-state index in [-0.39, 0.29) is 37.8 Å². The summed E-state index contributed by atoms with van der Waals surface area (Å²) in [5.41, 5.74) is 1.68. The highest BCUT2D eigenvalue weighted by molar-refractivity contribution is 7.89. The normalized spacial score (nSPS) is 15.6. The van der Waals surface area contributed by atoms with Crippen molar-refractivity contribution in [3.63, 3.8) is 0 Å². The van der Waals surface area contributed by atoms with E-state index in [0.717, 1.165) is 17.7 Å². The number of ether oxygens (including phenoxy) is 1. The Kier molecular flexibility index (Phi) is 6.12. The zero-order valence-electron chi connectivity index (χ0n) is 15.8. The van der Waals surface area contributed by atoms with Crippen LogP contribution in [0.3, 0.4) is 0 Å². The van der Waals surface area contributed by atoms with Gasteiger partial charge in [-0.15, -0.1) is 0 Å². The van der Waals surface area contributed by atoms with Crippen molar-refractivity contribution in [3.05, 3.63) is 59.4 Å². The van der Waals surface area contributed by atoms with Gasteiger partial charge in [0.15, 0.2) is 0 Å². The predicted octanol–water partition coefficient (Wildman–Crippen LogP) is 3.22. The van der Waals surface area contributed by atoms with Gasteiger partial charge >= 0.3 is 0 Å². The van der Waals surface area contributed by atoms with E-state index in [1.54, 1.807) is 12.1 Å². The van der Waals surface area contributed by atoms with E-state index < -0.39 is 26.6 Å². The Bertz CT molecular complexity index is 970. The van der Waals surface area contributed by atoms with Crippen LogP contribution in [0.25, 0.3) is 0 Å². The highest BCUT2D eigenvalue weighted by atomic mass is 32.2. The minimum Gasteiger partial charge on any atom is -0.379 e. The summed E-state index contributed by atoms with van der Waals surface area (Å²) < 4.78 is 46.2. The van der Waals surface area contributed by atoms with E-state index >= 15 is 0 Å². The third-order valence-electron chi connectivity index (χ3n) is 4.61. The monoisotopic (exact) mass is 406 g/mol. The molecule has 8 heteroatoms. The third kappa shape index (κ3) is 4.24. The van der Waals surface area contributed by atoms with Gasteiger partial charge in [-0.1, -0.05) is 32.0 Å². The second-order valence-electron chi connectivity index (χ2n) is 6.86. The first-order valence-electron chi connectivity index (χ1n) is 9.08. The maximum Gasteiger partial charge on any atom is 0.255 e. The molecule has 0 aromatic heterocycles. The van der Waals surface area contributed by atoms with Crippen LogP contribution in [-0.2, 0) is 14.8 Å². The van der Waals surface area contributed by atoms with Gasteiger partial charge in [-0.2, -0.15) is 4.31 Å². The number of halogens is 1. The second-order valence-corrected chi connectivity index (χ2v) is 8.76. The van der Waals surface area contributed by atoms with E-state index in [9.17, 15) is 17.6 Å². The molecule has 0 saturated carbocycles. The summed E-state index contributed by atoms with van der Waals surface area (Å²) in [5.74, 6) is -1.18. The summed E-state index contributed by atoms with van der Waals surface area (Å²) in [7, 11) is -4.04. The van der Waals surface area contributed by atoms with Crippen LogP contribution >= 0.6 is 0 Å². The van der Waals surface area contributed by atoms with E-state index in [0.29, 0.717) is 5.69 Å². The number of para-hydroxylation sites is 1. The highest BCUT2D eigenvalue weighted by Crippen LogP contribution is 2.26. The fourth-order valence-electron chi connectivity index (χ4n) is 3.08. The van der Waals surface area contributed by atoms with Crippen molar-refractivity contribution in [2.45, 2.75) is 24.7 Å². The van der Waals surface area contributed by atoms with Crippen LogP contribution in [0.15, 0.2) is 47.4 Å². The lowest BCUT2D eigenvalue weighted by atomic mass is 10.0. The van der Waals surface area contributed by atoms with Gasteiger partial charge in [0.05, 0.1) is 13.2 Å². The van der Waals surface area contributed by atoms with Crippen LogP contribution in [0.1, 0.15) is 35.7 Å². The Morgan fingerprint density at radius 2 is 1.82 bits per heavy atom. The molecule has 1 fully saturated rings. The van der Waals surface area contributed by atoms with Gasteiger partial charge in [0.1, 0.15) is 10.7 Å². The summed E-state index contributed by atoms with van der Waals surface area (Å²) in [5, 5.41) is 2.80. The third-order valence-corrected chi connectivity index (χ3v) is 6.53. The number of hydrogen-bond donors (Lipinski definition) is 1. The largest absolute Gasteiger partial charge is 0.379 e. The molecule has 2 aromatic rings. The molecule has 0 atom stereocenters. The van der Waals surface area contributed by atoms with Gasteiger partial charge in [-0.05, 0) is 35.7 Å². The van der Waals surface area contributed by atoms with Crippen LogP contribution in [0, 0.1) is 5.82 Å². The van der Waals surface area contributed by atoms with Gasteiger partial charge in [-0.25, -0.2) is 12.8 Å². The maximum atomic E-state index is 14.3. The average Bonchev–Trinajstić information content (AvgIpc) is 2.69. The van der Waals surface area contributed by atoms with Crippen molar-refractivity contribution in [1.29, 1.82) is 0 Å². The van der Waals surface area contributed by atoms with Crippen molar-refractivity contribution in [3.8, 4) is 0 Å². The molecule has 0 aliphatic carbocycles. The molecular weight excluding hydrogens is 383 g/mol. The molecule has 0 unspecified atom stereocenters. The van der Waals surface area contributed by atoms with Gasteiger partial charge in [0, 0.05) is 24.3 Å². The SMILES string of the molecule is CC(C)c1ccccc1NC(=O)c1ccc(F)c(S(=O)(=O)N2CCOCC2)c1. The van der Waals surface area contributed by atoms with E-state index in [2.05, 4.69) is 5.32 Å². The topological polar surface area (TPSA) is 75.7 Å². The molecule has 1 aliphatic rings. The summed E-state index contributed by atoms with van der Waals surface area (Å²) in [6.45, 7) is 4.84. The van der Waals surface area contributed by atoms with Crippen LogP contribution in [0.5, 0.6) is 0 Å². The number of rotatable bonds is 5. The molecule has 1 aliphatic heterocycles. The number of sulfonamides is 1. The number of carbonyl (C=O) groups excluding carboxylic acids is 1. The molecule has 6 nitrogen and oxygen atoms in total. The standard InChI is InChI=1S/C20H23FN2O4S/c1-14(2)16-5-3-4-6-18(16)22-20(24)15-7-8-17(21)19(13-15)28(25,26)23-9-11-27-12-10-23/h3-8,13-14H,9-12H2,1-2H3,(H,22,24). The summed E-state index contributed by atoms with van der Waals surface area (Å²) in [6.07, 6.45) is 0. The number of nitrogens with zero attached hydrogens (tertiary/aromatic N) is 1. The fourth-order valence-corrected chi connectivity index (χ4v) is 4.58. The number of anilines is 1. The number of carbonyl (C=O) groups is 1. The lowest BCUT2D eigenvalue weighted by Gasteiger charge is -2.26. The van der Waals surface area contributed by atoms with Crippen molar-refractivity contribution in [2.75, 3.05) is 31.6 Å². The molecule has 0 bridgehead atoms.